The van der Waals surface area contributed by atoms with Crippen LogP contribution in [0.4, 0.5) is 0 Å². The summed E-state index contributed by atoms with van der Waals surface area (Å²) in [6.07, 6.45) is 0.656. The van der Waals surface area contributed by atoms with Crippen molar-refractivity contribution in [2.45, 2.75) is 13.3 Å². The van der Waals surface area contributed by atoms with E-state index in [4.69, 9.17) is 18.0 Å². The highest BCUT2D eigenvalue weighted by atomic mass is 32.1. The van der Waals surface area contributed by atoms with Gasteiger partial charge in [-0.25, -0.2) is 0 Å². The summed E-state index contributed by atoms with van der Waals surface area (Å²) >= 11 is 4.80. The summed E-state index contributed by atoms with van der Waals surface area (Å²) in [4.78, 5) is 13.8. The van der Waals surface area contributed by atoms with Crippen molar-refractivity contribution >= 4 is 23.1 Å². The van der Waals surface area contributed by atoms with Crippen LogP contribution in [0.1, 0.15) is 13.3 Å². The Balaban J connectivity index is 3.87. The summed E-state index contributed by atoms with van der Waals surface area (Å²) in [5.74, 6) is -0.394. The molecule has 0 saturated heterocycles. The second-order valence-corrected chi connectivity index (χ2v) is 3.93. The average Bonchev–Trinajstić information content (AvgIpc) is 2.03. The minimum absolute atomic E-state index is 0.0677. The lowest BCUT2D eigenvalue weighted by atomic mass is 10.1. The van der Waals surface area contributed by atoms with Crippen molar-refractivity contribution in [2.24, 2.45) is 11.7 Å². The summed E-state index contributed by atoms with van der Waals surface area (Å²) in [6, 6.07) is 0. The molecule has 3 N–H and O–H groups in total. The molecule has 0 aliphatic carbocycles. The van der Waals surface area contributed by atoms with Gasteiger partial charge in [-0.1, -0.05) is 19.1 Å². The number of hydrogen-bond donors (Lipinski definition) is 2. The molecule has 0 aliphatic rings. The third-order valence-electron chi connectivity index (χ3n) is 1.93. The molecule has 0 saturated carbocycles. The fraction of sp³-hybridized carbons (Fsp3) is 0.778. The summed E-state index contributed by atoms with van der Waals surface area (Å²) < 4.78 is 0. The highest BCUT2D eigenvalue weighted by molar-refractivity contribution is 7.80. The predicted octanol–water partition coefficient (Wildman–Crippen LogP) is -0.0235. The Labute approximate surface area is 90.8 Å². The van der Waals surface area contributed by atoms with E-state index in [9.17, 15) is 4.79 Å². The van der Waals surface area contributed by atoms with E-state index in [1.54, 1.807) is 0 Å². The molecule has 1 amide bonds. The Bertz CT molecular complexity index is 206. The maximum absolute atomic E-state index is 11.5. The normalized spacial score (nSPS) is 12.6. The molecule has 0 aromatic rings. The molecule has 5 heteroatoms. The maximum Gasteiger partial charge on any atom is 0.229 e. The molecule has 0 bridgehead atoms. The standard InChI is InChI=1S/C9H19N3OS/c1-4-7(8(10)14)9(13)11-5-6-12(2)3/h7H,4-6H2,1-3H3,(H2,10,14)(H,11,13). The van der Waals surface area contributed by atoms with Crippen molar-refractivity contribution in [2.75, 3.05) is 27.2 Å². The first kappa shape index (κ1) is 13.3. The van der Waals surface area contributed by atoms with Gasteiger partial charge < -0.3 is 16.0 Å². The first-order chi connectivity index (χ1) is 6.49. The summed E-state index contributed by atoms with van der Waals surface area (Å²) in [6.45, 7) is 3.35. The fourth-order valence-corrected chi connectivity index (χ4v) is 1.32. The van der Waals surface area contributed by atoms with Crippen molar-refractivity contribution in [3.8, 4) is 0 Å². The Hall–Kier alpha value is -0.680. The lowest BCUT2D eigenvalue weighted by Crippen LogP contribution is -2.40. The van der Waals surface area contributed by atoms with E-state index >= 15 is 0 Å². The molecule has 0 aromatic heterocycles. The van der Waals surface area contributed by atoms with E-state index in [-0.39, 0.29) is 16.8 Å². The first-order valence-electron chi connectivity index (χ1n) is 4.70. The smallest absolute Gasteiger partial charge is 0.229 e. The van der Waals surface area contributed by atoms with Gasteiger partial charge in [-0.3, -0.25) is 4.79 Å². The molecule has 0 spiro atoms. The highest BCUT2D eigenvalue weighted by Gasteiger charge is 2.18. The molecule has 1 atom stereocenters. The van der Waals surface area contributed by atoms with Crippen molar-refractivity contribution in [3.05, 3.63) is 0 Å². The average molecular weight is 217 g/mol. The predicted molar refractivity (Wildman–Crippen MR) is 62.1 cm³/mol. The monoisotopic (exact) mass is 217 g/mol. The maximum atomic E-state index is 11.5. The van der Waals surface area contributed by atoms with E-state index in [1.807, 2.05) is 25.9 Å². The first-order valence-corrected chi connectivity index (χ1v) is 5.11. The zero-order valence-corrected chi connectivity index (χ0v) is 9.86. The molecular formula is C9H19N3OS. The van der Waals surface area contributed by atoms with Crippen LogP contribution in [-0.4, -0.2) is 43.0 Å². The molecule has 0 aliphatic heterocycles. The van der Waals surface area contributed by atoms with E-state index in [2.05, 4.69) is 5.32 Å². The quantitative estimate of drug-likeness (QED) is 0.614. The van der Waals surface area contributed by atoms with Crippen LogP contribution in [0.5, 0.6) is 0 Å². The lowest BCUT2D eigenvalue weighted by Gasteiger charge is -2.15. The van der Waals surface area contributed by atoms with Crippen molar-refractivity contribution < 1.29 is 4.79 Å². The number of likely N-dealkylation sites (N-methyl/N-ethyl adjacent to an activating group) is 1. The van der Waals surface area contributed by atoms with Gasteiger partial charge >= 0.3 is 0 Å². The van der Waals surface area contributed by atoms with Gasteiger partial charge in [-0.05, 0) is 20.5 Å². The molecule has 0 rings (SSSR count). The number of amides is 1. The van der Waals surface area contributed by atoms with E-state index < -0.39 is 0 Å². The molecule has 0 aromatic carbocycles. The van der Waals surface area contributed by atoms with Crippen LogP contribution in [0.25, 0.3) is 0 Å². The molecule has 82 valence electrons. The number of hydrogen-bond acceptors (Lipinski definition) is 3. The van der Waals surface area contributed by atoms with E-state index in [1.165, 1.54) is 0 Å². The van der Waals surface area contributed by atoms with Gasteiger partial charge in [0, 0.05) is 13.1 Å². The number of thiocarbonyl (C=S) groups is 1. The van der Waals surface area contributed by atoms with Crippen LogP contribution < -0.4 is 11.1 Å². The molecule has 0 fully saturated rings. The zero-order chi connectivity index (χ0) is 11.1. The van der Waals surface area contributed by atoms with Crippen molar-refractivity contribution in [1.29, 1.82) is 0 Å². The topological polar surface area (TPSA) is 58.4 Å². The minimum Gasteiger partial charge on any atom is -0.393 e. The zero-order valence-electron chi connectivity index (χ0n) is 9.04. The number of nitrogens with one attached hydrogen (secondary N) is 1. The van der Waals surface area contributed by atoms with Crippen LogP contribution in [-0.2, 0) is 4.79 Å². The summed E-state index contributed by atoms with van der Waals surface area (Å²) in [5, 5.41) is 2.80. The Kier molecular flexibility index (Phi) is 6.40. The van der Waals surface area contributed by atoms with E-state index in [0.717, 1.165) is 6.54 Å². The second-order valence-electron chi connectivity index (χ2n) is 3.46. The third kappa shape index (κ3) is 5.14. The molecule has 0 heterocycles. The Morgan fingerprint density at radius 3 is 2.50 bits per heavy atom. The van der Waals surface area contributed by atoms with Crippen molar-refractivity contribution in [3.63, 3.8) is 0 Å². The lowest BCUT2D eigenvalue weighted by molar-refractivity contribution is -0.123. The molecule has 4 nitrogen and oxygen atoms in total. The van der Waals surface area contributed by atoms with E-state index in [0.29, 0.717) is 13.0 Å². The van der Waals surface area contributed by atoms with Gasteiger partial charge in [-0.2, -0.15) is 0 Å². The van der Waals surface area contributed by atoms with Crippen LogP contribution in [0.2, 0.25) is 0 Å². The number of carbonyl (C=O) groups is 1. The molecule has 0 radical (unpaired) electrons. The minimum atomic E-state index is -0.327. The van der Waals surface area contributed by atoms with Gasteiger partial charge in [0.15, 0.2) is 0 Å². The number of nitrogens with zero attached hydrogens (tertiary/aromatic N) is 1. The van der Waals surface area contributed by atoms with Gasteiger partial charge in [0.05, 0.1) is 10.9 Å². The number of carbonyl (C=O) groups excluding carboxylic acids is 1. The van der Waals surface area contributed by atoms with Crippen molar-refractivity contribution in [1.82, 2.24) is 10.2 Å². The van der Waals surface area contributed by atoms with Crippen LogP contribution in [0, 0.1) is 5.92 Å². The second kappa shape index (κ2) is 6.73. The van der Waals surface area contributed by atoms with Crippen LogP contribution in [0.3, 0.4) is 0 Å². The Morgan fingerprint density at radius 1 is 1.57 bits per heavy atom. The van der Waals surface area contributed by atoms with Crippen LogP contribution >= 0.6 is 12.2 Å². The summed E-state index contributed by atoms with van der Waals surface area (Å²) in [7, 11) is 3.91. The van der Waals surface area contributed by atoms with Gasteiger partial charge in [0.25, 0.3) is 0 Å². The highest BCUT2D eigenvalue weighted by Crippen LogP contribution is 2.02. The van der Waals surface area contributed by atoms with Gasteiger partial charge in [0.1, 0.15) is 0 Å². The molecule has 1 unspecified atom stereocenters. The van der Waals surface area contributed by atoms with Crippen LogP contribution in [0.15, 0.2) is 0 Å². The molecule has 14 heavy (non-hydrogen) atoms. The largest absolute Gasteiger partial charge is 0.393 e. The molecular weight excluding hydrogens is 198 g/mol. The SMILES string of the molecule is CCC(C(=O)NCCN(C)C)C(N)=S. The number of nitrogens with two attached hydrogens (primary N) is 1. The number of rotatable bonds is 6. The van der Waals surface area contributed by atoms with Gasteiger partial charge in [0.2, 0.25) is 5.91 Å². The summed E-state index contributed by atoms with van der Waals surface area (Å²) in [5.41, 5.74) is 5.44. The van der Waals surface area contributed by atoms with Gasteiger partial charge in [-0.15, -0.1) is 0 Å². The fourth-order valence-electron chi connectivity index (χ4n) is 1.04. The third-order valence-corrected chi connectivity index (χ3v) is 2.21. The Morgan fingerprint density at radius 2 is 2.14 bits per heavy atom.